The van der Waals surface area contributed by atoms with Crippen molar-refractivity contribution in [2.75, 3.05) is 5.01 Å². The minimum Gasteiger partial charge on any atom is -0.257 e. The van der Waals surface area contributed by atoms with Crippen LogP contribution in [0.3, 0.4) is 0 Å². The molecule has 0 bridgehead atoms. The standard InChI is InChI=1S/C21H15BrCl2N2/c22-16-5-11-19(12-6-16)26-21(15-3-9-18(24)10-4-15)13-20(25-26)14-1-7-17(23)8-2-14/h1-12,21H,13H2. The summed E-state index contributed by atoms with van der Waals surface area (Å²) in [5, 5.41) is 8.47. The number of hydrogen-bond acceptors (Lipinski definition) is 2. The van der Waals surface area contributed by atoms with Gasteiger partial charge in [-0.15, -0.1) is 0 Å². The largest absolute Gasteiger partial charge is 0.257 e. The normalized spacial score (nSPS) is 16.7. The molecule has 0 saturated carbocycles. The lowest BCUT2D eigenvalue weighted by Crippen LogP contribution is -2.18. The van der Waals surface area contributed by atoms with E-state index in [2.05, 4.69) is 45.2 Å². The third-order valence-corrected chi connectivity index (χ3v) is 5.47. The Kier molecular flexibility index (Phi) is 5.03. The van der Waals surface area contributed by atoms with Crippen LogP contribution in [0.1, 0.15) is 23.6 Å². The Morgan fingerprint density at radius 1 is 0.808 bits per heavy atom. The van der Waals surface area contributed by atoms with Crippen LogP contribution in [0, 0.1) is 0 Å². The van der Waals surface area contributed by atoms with Crippen LogP contribution in [-0.2, 0) is 0 Å². The molecule has 2 nitrogen and oxygen atoms in total. The summed E-state index contributed by atoms with van der Waals surface area (Å²) in [4.78, 5) is 0. The van der Waals surface area contributed by atoms with Crippen LogP contribution in [0.25, 0.3) is 0 Å². The number of rotatable bonds is 3. The molecule has 0 fully saturated rings. The smallest absolute Gasteiger partial charge is 0.0831 e. The minimum atomic E-state index is 0.124. The molecule has 3 aromatic carbocycles. The van der Waals surface area contributed by atoms with E-state index in [9.17, 15) is 0 Å². The van der Waals surface area contributed by atoms with E-state index in [0.717, 1.165) is 37.9 Å². The average molecular weight is 446 g/mol. The zero-order valence-electron chi connectivity index (χ0n) is 13.7. The number of hydrazone groups is 1. The fourth-order valence-corrected chi connectivity index (χ4v) is 3.62. The summed E-state index contributed by atoms with van der Waals surface area (Å²) < 4.78 is 1.05. The van der Waals surface area contributed by atoms with E-state index in [0.29, 0.717) is 0 Å². The van der Waals surface area contributed by atoms with E-state index in [1.165, 1.54) is 5.56 Å². The summed E-state index contributed by atoms with van der Waals surface area (Å²) in [6, 6.07) is 24.2. The van der Waals surface area contributed by atoms with Gasteiger partial charge < -0.3 is 0 Å². The first-order valence-electron chi connectivity index (χ1n) is 8.24. The van der Waals surface area contributed by atoms with Crippen LogP contribution in [0.2, 0.25) is 10.0 Å². The Morgan fingerprint density at radius 2 is 1.38 bits per heavy atom. The quantitative estimate of drug-likeness (QED) is 0.419. The van der Waals surface area contributed by atoms with Crippen molar-refractivity contribution in [2.45, 2.75) is 12.5 Å². The second-order valence-electron chi connectivity index (χ2n) is 6.15. The third-order valence-electron chi connectivity index (χ3n) is 4.43. The highest BCUT2D eigenvalue weighted by atomic mass is 79.9. The monoisotopic (exact) mass is 444 g/mol. The van der Waals surface area contributed by atoms with Gasteiger partial charge >= 0.3 is 0 Å². The van der Waals surface area contributed by atoms with Gasteiger partial charge in [0, 0.05) is 20.9 Å². The van der Waals surface area contributed by atoms with E-state index < -0.39 is 0 Å². The second kappa shape index (κ2) is 7.43. The summed E-state index contributed by atoms with van der Waals surface area (Å²) >= 11 is 15.6. The average Bonchev–Trinajstić information content (AvgIpc) is 3.09. The Morgan fingerprint density at radius 3 is 2.00 bits per heavy atom. The van der Waals surface area contributed by atoms with Gasteiger partial charge in [0.1, 0.15) is 0 Å². The SMILES string of the molecule is Clc1ccc(C2=NN(c3ccc(Br)cc3)C(c3ccc(Cl)cc3)C2)cc1. The summed E-state index contributed by atoms with van der Waals surface area (Å²) in [7, 11) is 0. The van der Waals surface area contributed by atoms with E-state index >= 15 is 0 Å². The van der Waals surface area contributed by atoms with Crippen LogP contribution < -0.4 is 5.01 Å². The molecule has 0 radical (unpaired) electrons. The molecule has 0 amide bonds. The summed E-state index contributed by atoms with van der Waals surface area (Å²) in [5.41, 5.74) is 4.37. The Bertz CT molecular complexity index is 935. The Labute approximate surface area is 171 Å². The molecular weight excluding hydrogens is 431 g/mol. The van der Waals surface area contributed by atoms with Crippen molar-refractivity contribution in [1.29, 1.82) is 0 Å². The molecule has 0 aromatic heterocycles. The number of nitrogens with zero attached hydrogens (tertiary/aromatic N) is 2. The lowest BCUT2D eigenvalue weighted by Gasteiger charge is -2.24. The summed E-state index contributed by atoms with van der Waals surface area (Å²) in [5.74, 6) is 0. The summed E-state index contributed by atoms with van der Waals surface area (Å²) in [6.45, 7) is 0. The minimum absolute atomic E-state index is 0.124. The second-order valence-corrected chi connectivity index (χ2v) is 7.93. The number of hydrogen-bond donors (Lipinski definition) is 0. The highest BCUT2D eigenvalue weighted by Crippen LogP contribution is 2.37. The van der Waals surface area contributed by atoms with Crippen molar-refractivity contribution in [3.63, 3.8) is 0 Å². The van der Waals surface area contributed by atoms with Crippen molar-refractivity contribution in [2.24, 2.45) is 5.10 Å². The fourth-order valence-electron chi connectivity index (χ4n) is 3.10. The molecule has 0 N–H and O–H groups in total. The number of anilines is 1. The fraction of sp³-hybridized carbons (Fsp3) is 0.0952. The van der Waals surface area contributed by atoms with Crippen molar-refractivity contribution in [1.82, 2.24) is 0 Å². The summed E-state index contributed by atoms with van der Waals surface area (Å²) in [6.07, 6.45) is 0.819. The van der Waals surface area contributed by atoms with Crippen LogP contribution in [0.4, 0.5) is 5.69 Å². The molecular formula is C21H15BrCl2N2. The first-order chi connectivity index (χ1) is 12.6. The maximum atomic E-state index is 6.07. The molecule has 1 aliphatic rings. The molecule has 0 saturated heterocycles. The van der Waals surface area contributed by atoms with Gasteiger partial charge in [-0.1, -0.05) is 63.4 Å². The molecule has 1 aliphatic heterocycles. The highest BCUT2D eigenvalue weighted by molar-refractivity contribution is 9.10. The predicted octanol–water partition coefficient (Wildman–Crippen LogP) is 7.11. The van der Waals surface area contributed by atoms with Gasteiger partial charge in [-0.2, -0.15) is 5.10 Å². The number of halogens is 3. The molecule has 4 rings (SSSR count). The van der Waals surface area contributed by atoms with Crippen molar-refractivity contribution >= 4 is 50.5 Å². The van der Waals surface area contributed by atoms with Crippen LogP contribution in [0.15, 0.2) is 82.4 Å². The maximum absolute atomic E-state index is 6.07. The predicted molar refractivity (Wildman–Crippen MR) is 113 cm³/mol. The van der Waals surface area contributed by atoms with Gasteiger partial charge in [-0.3, -0.25) is 5.01 Å². The Hall–Kier alpha value is -1.81. The maximum Gasteiger partial charge on any atom is 0.0831 e. The zero-order valence-corrected chi connectivity index (χ0v) is 16.8. The van der Waals surface area contributed by atoms with Gasteiger partial charge in [0.15, 0.2) is 0 Å². The van der Waals surface area contributed by atoms with Crippen LogP contribution in [0.5, 0.6) is 0 Å². The molecule has 130 valence electrons. The van der Waals surface area contributed by atoms with Gasteiger partial charge in [-0.25, -0.2) is 0 Å². The molecule has 3 aromatic rings. The van der Waals surface area contributed by atoms with Crippen molar-refractivity contribution in [3.8, 4) is 0 Å². The number of benzene rings is 3. The molecule has 0 spiro atoms. The highest BCUT2D eigenvalue weighted by Gasteiger charge is 2.29. The molecule has 1 atom stereocenters. The van der Waals surface area contributed by atoms with Gasteiger partial charge in [0.2, 0.25) is 0 Å². The first kappa shape index (κ1) is 17.6. The lowest BCUT2D eigenvalue weighted by atomic mass is 9.98. The molecule has 1 unspecified atom stereocenters. The molecule has 1 heterocycles. The molecule has 5 heteroatoms. The third kappa shape index (κ3) is 3.66. The van der Waals surface area contributed by atoms with E-state index in [4.69, 9.17) is 28.3 Å². The first-order valence-corrected chi connectivity index (χ1v) is 9.79. The van der Waals surface area contributed by atoms with Gasteiger partial charge in [0.05, 0.1) is 17.4 Å². The molecule has 26 heavy (non-hydrogen) atoms. The van der Waals surface area contributed by atoms with E-state index in [1.54, 1.807) is 0 Å². The topological polar surface area (TPSA) is 15.6 Å². The molecule has 0 aliphatic carbocycles. The van der Waals surface area contributed by atoms with Gasteiger partial charge in [0.25, 0.3) is 0 Å². The Balaban J connectivity index is 1.74. The van der Waals surface area contributed by atoms with Crippen molar-refractivity contribution < 1.29 is 0 Å². The zero-order chi connectivity index (χ0) is 18.1. The van der Waals surface area contributed by atoms with Crippen LogP contribution in [-0.4, -0.2) is 5.71 Å². The van der Waals surface area contributed by atoms with Crippen molar-refractivity contribution in [3.05, 3.63) is 98.4 Å². The lowest BCUT2D eigenvalue weighted by molar-refractivity contribution is 0.709. The van der Waals surface area contributed by atoms with Crippen LogP contribution >= 0.6 is 39.1 Å². The van der Waals surface area contributed by atoms with Gasteiger partial charge in [-0.05, 0) is 59.7 Å². The van der Waals surface area contributed by atoms with E-state index in [-0.39, 0.29) is 6.04 Å². The van der Waals surface area contributed by atoms with E-state index in [1.807, 2.05) is 48.5 Å².